The lowest BCUT2D eigenvalue weighted by molar-refractivity contribution is -0.119. The van der Waals surface area contributed by atoms with Crippen molar-refractivity contribution in [3.63, 3.8) is 0 Å². The lowest BCUT2D eigenvalue weighted by Crippen LogP contribution is -2.41. The Kier molecular flexibility index (Phi) is 5.10. The average Bonchev–Trinajstić information content (AvgIpc) is 2.85. The summed E-state index contributed by atoms with van der Waals surface area (Å²) >= 11 is 0. The van der Waals surface area contributed by atoms with Crippen LogP contribution in [0, 0.1) is 24.6 Å². The highest BCUT2D eigenvalue weighted by Gasteiger charge is 2.41. The van der Waals surface area contributed by atoms with E-state index in [1.54, 1.807) is 6.92 Å². The molecule has 7 heteroatoms. The summed E-state index contributed by atoms with van der Waals surface area (Å²) < 4.78 is 40.5. The molecule has 1 aliphatic heterocycles. The molecule has 2 atom stereocenters. The summed E-state index contributed by atoms with van der Waals surface area (Å²) in [5.74, 6) is -0.462. The molecule has 1 fully saturated rings. The van der Waals surface area contributed by atoms with Crippen LogP contribution in [0.5, 0.6) is 0 Å². The number of hydrogen-bond acceptors (Lipinski definition) is 3. The van der Waals surface area contributed by atoms with E-state index >= 15 is 0 Å². The predicted octanol–water partition coefficient (Wildman–Crippen LogP) is 1.92. The Balaban J connectivity index is 2.29. The molecule has 0 saturated carbocycles. The maximum absolute atomic E-state index is 13.7. The highest BCUT2D eigenvalue weighted by molar-refractivity contribution is 7.89. The van der Waals surface area contributed by atoms with Crippen molar-refractivity contribution in [1.29, 1.82) is 0 Å². The fourth-order valence-corrected chi connectivity index (χ4v) is 4.48. The second kappa shape index (κ2) is 6.57. The van der Waals surface area contributed by atoms with Gasteiger partial charge in [0.15, 0.2) is 0 Å². The van der Waals surface area contributed by atoms with Crippen LogP contribution in [-0.2, 0) is 14.8 Å². The van der Waals surface area contributed by atoms with Gasteiger partial charge < -0.3 is 5.32 Å². The van der Waals surface area contributed by atoms with Crippen LogP contribution in [0.25, 0.3) is 0 Å². The van der Waals surface area contributed by atoms with Crippen LogP contribution in [-0.4, -0.2) is 37.8 Å². The molecule has 23 heavy (non-hydrogen) atoms. The van der Waals surface area contributed by atoms with Crippen molar-refractivity contribution in [3.05, 3.63) is 29.6 Å². The third-order valence-corrected chi connectivity index (χ3v) is 6.19. The highest BCUT2D eigenvalue weighted by Crippen LogP contribution is 2.29. The summed E-state index contributed by atoms with van der Waals surface area (Å²) in [5.41, 5.74) is 0.404. The van der Waals surface area contributed by atoms with Crippen LogP contribution >= 0.6 is 0 Å². The van der Waals surface area contributed by atoms with Gasteiger partial charge >= 0.3 is 0 Å². The number of rotatable bonds is 4. The number of hydrogen-bond donors (Lipinski definition) is 1. The fraction of sp³-hybridized carbons (Fsp3) is 0.562. The molecule has 0 bridgehead atoms. The maximum atomic E-state index is 13.7. The van der Waals surface area contributed by atoms with Gasteiger partial charge in [-0.05, 0) is 36.5 Å². The number of halogens is 1. The SMILES string of the molecule is CC(=O)N[C@@H]1CN(S(=O)(=O)c2ccc(C)c(F)c2)C[C@H]1C(C)C. The van der Waals surface area contributed by atoms with Crippen molar-refractivity contribution in [2.45, 2.75) is 38.6 Å². The molecular formula is C16H23FN2O3S. The van der Waals surface area contributed by atoms with E-state index in [1.807, 2.05) is 13.8 Å². The molecule has 0 aromatic heterocycles. The van der Waals surface area contributed by atoms with Crippen LogP contribution in [0.1, 0.15) is 26.3 Å². The molecule has 1 aromatic carbocycles. The molecule has 2 rings (SSSR count). The molecule has 128 valence electrons. The zero-order valence-corrected chi connectivity index (χ0v) is 14.7. The van der Waals surface area contributed by atoms with E-state index in [-0.39, 0.29) is 35.2 Å². The first-order valence-electron chi connectivity index (χ1n) is 7.66. The Labute approximate surface area is 136 Å². The van der Waals surface area contributed by atoms with Crippen LogP contribution in [0.2, 0.25) is 0 Å². The standard InChI is InChI=1S/C16H23FN2O3S/c1-10(2)14-8-19(9-16(14)18-12(4)20)23(21,22)13-6-5-11(3)15(17)7-13/h5-7,10,14,16H,8-9H2,1-4H3,(H,18,20)/t14-,16+/m0/s1. The van der Waals surface area contributed by atoms with Crippen LogP contribution in [0.3, 0.4) is 0 Å². The van der Waals surface area contributed by atoms with E-state index in [0.717, 1.165) is 6.07 Å². The number of benzene rings is 1. The first-order valence-corrected chi connectivity index (χ1v) is 9.10. The zero-order valence-electron chi connectivity index (χ0n) is 13.8. The summed E-state index contributed by atoms with van der Waals surface area (Å²) in [6.45, 7) is 7.54. The van der Waals surface area contributed by atoms with E-state index in [4.69, 9.17) is 0 Å². The summed E-state index contributed by atoms with van der Waals surface area (Å²) in [5, 5.41) is 2.83. The van der Waals surface area contributed by atoms with Gasteiger partial charge in [-0.3, -0.25) is 4.79 Å². The van der Waals surface area contributed by atoms with Crippen molar-refractivity contribution in [1.82, 2.24) is 9.62 Å². The first kappa shape index (κ1) is 17.9. The minimum atomic E-state index is -3.77. The van der Waals surface area contributed by atoms with Crippen molar-refractivity contribution in [2.24, 2.45) is 11.8 Å². The smallest absolute Gasteiger partial charge is 0.243 e. The molecular weight excluding hydrogens is 319 g/mol. The van der Waals surface area contributed by atoms with Gasteiger partial charge in [-0.2, -0.15) is 4.31 Å². The number of sulfonamides is 1. The summed E-state index contributed by atoms with van der Waals surface area (Å²) in [6, 6.07) is 3.71. The average molecular weight is 342 g/mol. The molecule has 1 amide bonds. The minimum absolute atomic E-state index is 0.0315. The Hall–Kier alpha value is -1.47. The van der Waals surface area contributed by atoms with Gasteiger partial charge in [0, 0.05) is 26.1 Å². The van der Waals surface area contributed by atoms with Gasteiger partial charge in [-0.15, -0.1) is 0 Å². The number of amides is 1. The highest BCUT2D eigenvalue weighted by atomic mass is 32.2. The molecule has 0 radical (unpaired) electrons. The molecule has 1 saturated heterocycles. The van der Waals surface area contributed by atoms with Gasteiger partial charge in [-0.25, -0.2) is 12.8 Å². The van der Waals surface area contributed by atoms with E-state index in [2.05, 4.69) is 5.32 Å². The normalized spacial score (nSPS) is 22.5. The van der Waals surface area contributed by atoms with Crippen LogP contribution < -0.4 is 5.32 Å². The molecule has 1 N–H and O–H groups in total. The number of nitrogens with one attached hydrogen (secondary N) is 1. The topological polar surface area (TPSA) is 66.5 Å². The lowest BCUT2D eigenvalue weighted by Gasteiger charge is -2.21. The van der Waals surface area contributed by atoms with Crippen molar-refractivity contribution in [2.75, 3.05) is 13.1 Å². The number of carbonyl (C=O) groups is 1. The summed E-state index contributed by atoms with van der Waals surface area (Å²) in [6.07, 6.45) is 0. The van der Waals surface area contributed by atoms with E-state index in [0.29, 0.717) is 12.1 Å². The molecule has 5 nitrogen and oxygen atoms in total. The van der Waals surface area contributed by atoms with Gasteiger partial charge in [0.05, 0.1) is 4.90 Å². The third kappa shape index (κ3) is 3.72. The van der Waals surface area contributed by atoms with Crippen molar-refractivity contribution < 1.29 is 17.6 Å². The minimum Gasteiger partial charge on any atom is -0.352 e. The Morgan fingerprint density at radius 3 is 2.52 bits per heavy atom. The van der Waals surface area contributed by atoms with Crippen molar-refractivity contribution >= 4 is 15.9 Å². The van der Waals surface area contributed by atoms with Crippen molar-refractivity contribution in [3.8, 4) is 0 Å². The van der Waals surface area contributed by atoms with E-state index in [1.165, 1.54) is 23.4 Å². The van der Waals surface area contributed by atoms with Gasteiger partial charge in [0.25, 0.3) is 0 Å². The molecule has 0 unspecified atom stereocenters. The number of aryl methyl sites for hydroxylation is 1. The van der Waals surface area contributed by atoms with Gasteiger partial charge in [0.2, 0.25) is 15.9 Å². The van der Waals surface area contributed by atoms with E-state index < -0.39 is 15.8 Å². The second-order valence-electron chi connectivity index (χ2n) is 6.45. The predicted molar refractivity (Wildman–Crippen MR) is 85.8 cm³/mol. The van der Waals surface area contributed by atoms with Gasteiger partial charge in [0.1, 0.15) is 5.82 Å². The Morgan fingerprint density at radius 1 is 1.35 bits per heavy atom. The molecule has 1 aromatic rings. The monoisotopic (exact) mass is 342 g/mol. The number of nitrogens with zero attached hydrogens (tertiary/aromatic N) is 1. The summed E-state index contributed by atoms with van der Waals surface area (Å²) in [7, 11) is -3.77. The molecule has 0 spiro atoms. The first-order chi connectivity index (χ1) is 10.6. The van der Waals surface area contributed by atoms with Gasteiger partial charge in [-0.1, -0.05) is 19.9 Å². The molecule has 1 aliphatic rings. The molecule has 0 aliphatic carbocycles. The number of carbonyl (C=O) groups excluding carboxylic acids is 1. The quantitative estimate of drug-likeness (QED) is 0.909. The Morgan fingerprint density at radius 2 is 2.00 bits per heavy atom. The van der Waals surface area contributed by atoms with Crippen LogP contribution in [0.15, 0.2) is 23.1 Å². The largest absolute Gasteiger partial charge is 0.352 e. The fourth-order valence-electron chi connectivity index (χ4n) is 2.96. The lowest BCUT2D eigenvalue weighted by atomic mass is 9.91. The zero-order chi connectivity index (χ0) is 17.4. The van der Waals surface area contributed by atoms with Crippen LogP contribution in [0.4, 0.5) is 4.39 Å². The third-order valence-electron chi connectivity index (χ3n) is 4.36. The summed E-state index contributed by atoms with van der Waals surface area (Å²) in [4.78, 5) is 11.3. The van der Waals surface area contributed by atoms with E-state index in [9.17, 15) is 17.6 Å². The Bertz CT molecular complexity index is 703. The molecule has 1 heterocycles. The second-order valence-corrected chi connectivity index (χ2v) is 8.39. The maximum Gasteiger partial charge on any atom is 0.243 e.